The number of halogens is 1. The Morgan fingerprint density at radius 2 is 1.70 bits per heavy atom. The lowest BCUT2D eigenvalue weighted by molar-refractivity contribution is -0.288. The van der Waals surface area contributed by atoms with Crippen LogP contribution < -0.4 is 0 Å². The summed E-state index contributed by atoms with van der Waals surface area (Å²) < 4.78 is 12.4. The van der Waals surface area contributed by atoms with Crippen molar-refractivity contribution in [3.63, 3.8) is 0 Å². The second kappa shape index (κ2) is 6.57. The molecule has 4 rings (SSSR count). The summed E-state index contributed by atoms with van der Waals surface area (Å²) in [6.45, 7) is 3.56. The summed E-state index contributed by atoms with van der Waals surface area (Å²) >= 11 is 6.04. The molecule has 4 unspecified atom stereocenters. The van der Waals surface area contributed by atoms with E-state index in [-0.39, 0.29) is 0 Å². The van der Waals surface area contributed by atoms with Crippen molar-refractivity contribution >= 4 is 17.5 Å². The van der Waals surface area contributed by atoms with Crippen molar-refractivity contribution in [1.82, 2.24) is 0 Å². The van der Waals surface area contributed by atoms with Crippen LogP contribution in [0.5, 0.6) is 0 Å². The van der Waals surface area contributed by atoms with Gasteiger partial charge in [0.1, 0.15) is 6.10 Å². The van der Waals surface area contributed by atoms with Gasteiger partial charge in [0, 0.05) is 10.6 Å². The molecule has 2 aromatic carbocycles. The number of benzene rings is 2. The summed E-state index contributed by atoms with van der Waals surface area (Å²) in [5.41, 5.74) is -1.75. The Bertz CT molecular complexity index is 1160. The topological polar surface area (TPSA) is 114 Å². The molecular weight excluding hydrogens is 400 g/mol. The third-order valence-electron chi connectivity index (χ3n) is 6.26. The van der Waals surface area contributed by atoms with Crippen molar-refractivity contribution in [2.75, 3.05) is 0 Å². The van der Waals surface area contributed by atoms with Crippen LogP contribution in [0.15, 0.2) is 48.5 Å². The molecule has 0 radical (unpaired) electrons. The first-order chi connectivity index (χ1) is 14.3. The molecular formula is C23H17ClN4O2. The normalized spacial score (nSPS) is 31.1. The van der Waals surface area contributed by atoms with Crippen molar-refractivity contribution in [1.29, 1.82) is 21.2 Å². The molecule has 148 valence electrons. The van der Waals surface area contributed by atoms with E-state index in [0.717, 1.165) is 5.56 Å². The first kappa shape index (κ1) is 19.9. The van der Waals surface area contributed by atoms with Crippen LogP contribution in [0.1, 0.15) is 29.7 Å². The van der Waals surface area contributed by atoms with Crippen molar-refractivity contribution in [2.45, 2.75) is 25.7 Å². The highest BCUT2D eigenvalue weighted by atomic mass is 35.5. The van der Waals surface area contributed by atoms with E-state index in [9.17, 15) is 15.8 Å². The Balaban J connectivity index is 2.04. The van der Waals surface area contributed by atoms with Gasteiger partial charge in [-0.05, 0) is 24.6 Å². The Labute approximate surface area is 179 Å². The van der Waals surface area contributed by atoms with Crippen LogP contribution in [0.2, 0.25) is 5.02 Å². The lowest BCUT2D eigenvalue weighted by Crippen LogP contribution is -2.57. The fourth-order valence-corrected chi connectivity index (χ4v) is 4.81. The van der Waals surface area contributed by atoms with E-state index >= 15 is 0 Å². The number of ether oxygens (including phenoxy) is 2. The summed E-state index contributed by atoms with van der Waals surface area (Å²) in [5.74, 6) is -2.75. The monoisotopic (exact) mass is 416 g/mol. The second-order valence-electron chi connectivity index (χ2n) is 7.69. The van der Waals surface area contributed by atoms with Crippen LogP contribution in [0, 0.1) is 63.1 Å². The zero-order valence-corrected chi connectivity index (χ0v) is 17.1. The molecule has 0 aliphatic carbocycles. The first-order valence-corrected chi connectivity index (χ1v) is 9.71. The lowest BCUT2D eigenvalue weighted by atomic mass is 9.53. The largest absolute Gasteiger partial charge is 0.443 e. The van der Waals surface area contributed by atoms with Gasteiger partial charge in [-0.3, -0.25) is 5.41 Å². The van der Waals surface area contributed by atoms with Crippen LogP contribution in [-0.4, -0.2) is 5.90 Å². The van der Waals surface area contributed by atoms with E-state index in [4.69, 9.17) is 26.5 Å². The molecule has 0 spiro atoms. The molecule has 2 aromatic rings. The third-order valence-corrected chi connectivity index (χ3v) is 6.51. The Hall–Kier alpha value is -3.37. The van der Waals surface area contributed by atoms with E-state index in [1.54, 1.807) is 43.3 Å². The molecule has 2 heterocycles. The maximum atomic E-state index is 10.3. The van der Waals surface area contributed by atoms with Crippen LogP contribution >= 0.6 is 11.6 Å². The SMILES string of the molecule is Cc1cccc(C2OC3(c4ccc(Cl)cc4)OC(=N)C(C#N)(C3C)C2(C#N)C#N)c1. The van der Waals surface area contributed by atoms with Crippen molar-refractivity contribution in [2.24, 2.45) is 16.7 Å². The van der Waals surface area contributed by atoms with Gasteiger partial charge in [-0.15, -0.1) is 0 Å². The van der Waals surface area contributed by atoms with Gasteiger partial charge in [0.15, 0.2) is 5.41 Å². The number of nitrogens with zero attached hydrogens (tertiary/aromatic N) is 3. The highest BCUT2D eigenvalue weighted by molar-refractivity contribution is 6.30. The average Bonchev–Trinajstić information content (AvgIpc) is 2.90. The Morgan fingerprint density at radius 3 is 2.27 bits per heavy atom. The maximum Gasteiger partial charge on any atom is 0.244 e. The molecule has 0 amide bonds. The minimum atomic E-state index is -1.97. The molecule has 7 heteroatoms. The number of rotatable bonds is 2. The summed E-state index contributed by atoms with van der Waals surface area (Å²) in [6.07, 6.45) is -1.11. The number of nitriles is 3. The predicted molar refractivity (Wildman–Crippen MR) is 108 cm³/mol. The van der Waals surface area contributed by atoms with Crippen molar-refractivity contribution in [3.05, 3.63) is 70.2 Å². The van der Waals surface area contributed by atoms with E-state index in [0.29, 0.717) is 16.1 Å². The third kappa shape index (κ3) is 2.22. The van der Waals surface area contributed by atoms with E-state index in [1.165, 1.54) is 0 Å². The standard InChI is InChI=1S/C23H17ClN4O2/c1-14-4-3-5-16(10-14)19-21(11-25,12-26)22(13-27)15(2)23(29-19,30-20(22)28)17-6-8-18(24)9-7-17/h3-10,15,19,28H,1-2H3. The van der Waals surface area contributed by atoms with Gasteiger partial charge < -0.3 is 9.47 Å². The predicted octanol–water partition coefficient (Wildman–Crippen LogP) is 4.76. The average molecular weight is 417 g/mol. The minimum absolute atomic E-state index is 0.439. The van der Waals surface area contributed by atoms with Gasteiger partial charge in [0.05, 0.1) is 24.1 Å². The summed E-state index contributed by atoms with van der Waals surface area (Å²) in [7, 11) is 0. The number of hydrogen-bond acceptors (Lipinski definition) is 6. The highest BCUT2D eigenvalue weighted by Crippen LogP contribution is 2.68. The number of fused-ring (bicyclic) bond motifs is 2. The molecule has 30 heavy (non-hydrogen) atoms. The van der Waals surface area contributed by atoms with Gasteiger partial charge in [-0.25, -0.2) is 0 Å². The Kier molecular flexibility index (Phi) is 4.37. The quantitative estimate of drug-likeness (QED) is 0.757. The minimum Gasteiger partial charge on any atom is -0.443 e. The van der Waals surface area contributed by atoms with Gasteiger partial charge in [-0.2, -0.15) is 15.8 Å². The number of aryl methyl sites for hydroxylation is 1. The smallest absolute Gasteiger partial charge is 0.244 e. The second-order valence-corrected chi connectivity index (χ2v) is 8.13. The number of nitrogens with one attached hydrogen (secondary N) is 1. The van der Waals surface area contributed by atoms with Crippen LogP contribution in [-0.2, 0) is 15.3 Å². The van der Waals surface area contributed by atoms with Gasteiger partial charge in [0.2, 0.25) is 17.1 Å². The maximum absolute atomic E-state index is 10.3. The molecule has 2 aliphatic heterocycles. The highest BCUT2D eigenvalue weighted by Gasteiger charge is 2.79. The Morgan fingerprint density at radius 1 is 1.03 bits per heavy atom. The summed E-state index contributed by atoms with van der Waals surface area (Å²) in [4.78, 5) is 0. The molecule has 2 bridgehead atoms. The first-order valence-electron chi connectivity index (χ1n) is 9.33. The zero-order chi connectivity index (χ0) is 21.7. The van der Waals surface area contributed by atoms with Gasteiger partial charge in [-0.1, -0.05) is 60.5 Å². The number of hydrogen-bond donors (Lipinski definition) is 1. The zero-order valence-electron chi connectivity index (χ0n) is 16.3. The summed E-state index contributed by atoms with van der Waals surface area (Å²) in [6, 6.07) is 20.2. The molecule has 0 saturated carbocycles. The molecule has 4 atom stereocenters. The molecule has 0 aromatic heterocycles. The van der Waals surface area contributed by atoms with Gasteiger partial charge in [0.25, 0.3) is 0 Å². The summed E-state index contributed by atoms with van der Waals surface area (Å²) in [5, 5.41) is 39.8. The lowest BCUT2D eigenvalue weighted by Gasteiger charge is -2.48. The fourth-order valence-electron chi connectivity index (χ4n) is 4.68. The fraction of sp³-hybridized carbons (Fsp3) is 0.304. The molecule has 2 saturated heterocycles. The van der Waals surface area contributed by atoms with Crippen LogP contribution in [0.4, 0.5) is 0 Å². The van der Waals surface area contributed by atoms with Crippen molar-refractivity contribution < 1.29 is 9.47 Å². The molecule has 2 fully saturated rings. The van der Waals surface area contributed by atoms with E-state index in [2.05, 4.69) is 6.07 Å². The van der Waals surface area contributed by atoms with Crippen molar-refractivity contribution in [3.8, 4) is 18.2 Å². The molecule has 2 aliphatic rings. The van der Waals surface area contributed by atoms with E-state index in [1.807, 2.05) is 31.2 Å². The van der Waals surface area contributed by atoms with Crippen LogP contribution in [0.25, 0.3) is 0 Å². The van der Waals surface area contributed by atoms with Gasteiger partial charge >= 0.3 is 0 Å². The molecule has 1 N–H and O–H groups in total. The molecule has 6 nitrogen and oxygen atoms in total. The van der Waals surface area contributed by atoms with Crippen LogP contribution in [0.3, 0.4) is 0 Å². The van der Waals surface area contributed by atoms with E-state index < -0.39 is 34.5 Å².